The van der Waals surface area contributed by atoms with Crippen LogP contribution >= 0.6 is 23.2 Å². The van der Waals surface area contributed by atoms with Crippen LogP contribution in [0.2, 0.25) is 10.0 Å². The van der Waals surface area contributed by atoms with Gasteiger partial charge in [0.1, 0.15) is 5.82 Å². The monoisotopic (exact) mass is 391 g/mol. The number of esters is 1. The third kappa shape index (κ3) is 3.13. The van der Waals surface area contributed by atoms with Gasteiger partial charge in [0.2, 0.25) is 0 Å². The maximum Gasteiger partial charge on any atom is 0.359 e. The molecule has 3 aromatic rings. The number of aryl methyl sites for hydroxylation is 2. The number of aromatic nitrogens is 3. The molecule has 7 heteroatoms. The Morgan fingerprint density at radius 3 is 2.35 bits per heavy atom. The number of hydrogen-bond donors (Lipinski definition) is 0. The van der Waals surface area contributed by atoms with E-state index in [0.29, 0.717) is 15.7 Å². The van der Waals surface area contributed by atoms with Gasteiger partial charge in [0.25, 0.3) is 0 Å². The van der Waals surface area contributed by atoms with Crippen LogP contribution in [0.3, 0.4) is 0 Å². The second-order valence-electron chi connectivity index (χ2n) is 5.98. The lowest BCUT2D eigenvalue weighted by molar-refractivity contribution is 0.0518. The summed E-state index contributed by atoms with van der Waals surface area (Å²) < 4.78 is 8.87. The second-order valence-corrected chi connectivity index (χ2v) is 6.82. The van der Waals surface area contributed by atoms with Crippen molar-refractivity contribution in [2.24, 2.45) is 0 Å². The third-order valence-electron chi connectivity index (χ3n) is 4.18. The molecule has 0 amide bonds. The highest BCUT2D eigenvalue weighted by molar-refractivity contribution is 6.35. The summed E-state index contributed by atoms with van der Waals surface area (Å²) in [5, 5.41) is 5.50. The van der Waals surface area contributed by atoms with Crippen molar-refractivity contribution >= 4 is 29.2 Å². The molecule has 0 aliphatic heterocycles. The molecular formula is C19H19Cl2N3O2. The highest BCUT2D eigenvalue weighted by atomic mass is 35.5. The van der Waals surface area contributed by atoms with Crippen molar-refractivity contribution in [2.75, 3.05) is 6.61 Å². The number of rotatable bonds is 4. The Morgan fingerprint density at radius 1 is 1.12 bits per heavy atom. The van der Waals surface area contributed by atoms with E-state index in [4.69, 9.17) is 27.9 Å². The van der Waals surface area contributed by atoms with Gasteiger partial charge in [-0.2, -0.15) is 5.10 Å². The smallest absolute Gasteiger partial charge is 0.359 e. The fourth-order valence-corrected chi connectivity index (χ4v) is 3.45. The molecule has 26 heavy (non-hydrogen) atoms. The van der Waals surface area contributed by atoms with Gasteiger partial charge in [-0.05, 0) is 58.0 Å². The maximum atomic E-state index is 12.4. The predicted octanol–water partition coefficient (Wildman–Crippen LogP) is 5.07. The Labute approximate surface area is 162 Å². The van der Waals surface area contributed by atoms with Crippen LogP contribution in [0.15, 0.2) is 30.3 Å². The number of nitrogens with zero attached hydrogens (tertiary/aromatic N) is 3. The summed E-state index contributed by atoms with van der Waals surface area (Å²) in [6.45, 7) is 7.90. The predicted molar refractivity (Wildman–Crippen MR) is 103 cm³/mol. The average Bonchev–Trinajstić information content (AvgIpc) is 3.07. The summed E-state index contributed by atoms with van der Waals surface area (Å²) in [7, 11) is 0. The summed E-state index contributed by atoms with van der Waals surface area (Å²) in [6.07, 6.45) is 0. The van der Waals surface area contributed by atoms with Gasteiger partial charge in [-0.3, -0.25) is 0 Å². The highest BCUT2D eigenvalue weighted by Crippen LogP contribution is 2.30. The van der Waals surface area contributed by atoms with E-state index in [1.54, 1.807) is 29.8 Å². The molecule has 0 spiro atoms. The minimum atomic E-state index is -0.461. The molecule has 1 aromatic carbocycles. The fraction of sp³-hybridized carbons (Fsp3) is 0.263. The first-order valence-electron chi connectivity index (χ1n) is 8.22. The van der Waals surface area contributed by atoms with E-state index in [1.807, 2.05) is 37.5 Å². The minimum absolute atomic E-state index is 0.264. The summed E-state index contributed by atoms with van der Waals surface area (Å²) >= 11 is 12.4. The zero-order chi connectivity index (χ0) is 19.0. The molecule has 0 atom stereocenters. The van der Waals surface area contributed by atoms with Gasteiger partial charge in [0.05, 0.1) is 17.3 Å². The van der Waals surface area contributed by atoms with Crippen LogP contribution in [0.1, 0.15) is 34.4 Å². The number of halogens is 2. The summed E-state index contributed by atoms with van der Waals surface area (Å²) in [6, 6.07) is 9.20. The third-order valence-corrected chi connectivity index (χ3v) is 4.72. The highest BCUT2D eigenvalue weighted by Gasteiger charge is 2.25. The number of carbonyl (C=O) groups excluding carboxylic acids is 1. The van der Waals surface area contributed by atoms with Crippen molar-refractivity contribution in [3.63, 3.8) is 0 Å². The number of hydrogen-bond acceptors (Lipinski definition) is 3. The molecular weight excluding hydrogens is 373 g/mol. The lowest BCUT2D eigenvalue weighted by Gasteiger charge is -2.14. The molecule has 0 unspecified atom stereocenters. The lowest BCUT2D eigenvalue weighted by atomic mass is 10.2. The molecule has 2 aromatic heterocycles. The van der Waals surface area contributed by atoms with E-state index in [-0.39, 0.29) is 12.3 Å². The lowest BCUT2D eigenvalue weighted by Crippen LogP contribution is -2.09. The molecule has 2 heterocycles. The summed E-state index contributed by atoms with van der Waals surface area (Å²) in [4.78, 5) is 12.4. The van der Waals surface area contributed by atoms with Gasteiger partial charge in [0, 0.05) is 22.0 Å². The van der Waals surface area contributed by atoms with Crippen LogP contribution in [0.5, 0.6) is 0 Å². The van der Waals surface area contributed by atoms with E-state index in [9.17, 15) is 4.79 Å². The average molecular weight is 392 g/mol. The van der Waals surface area contributed by atoms with Crippen LogP contribution in [-0.2, 0) is 4.74 Å². The van der Waals surface area contributed by atoms with Crippen molar-refractivity contribution in [2.45, 2.75) is 27.7 Å². The van der Waals surface area contributed by atoms with Gasteiger partial charge >= 0.3 is 5.97 Å². The number of ether oxygens (including phenoxy) is 1. The fourth-order valence-electron chi connectivity index (χ4n) is 2.97. The topological polar surface area (TPSA) is 49.0 Å². The Bertz CT molecular complexity index is 970. The minimum Gasteiger partial charge on any atom is -0.461 e. The molecule has 0 saturated carbocycles. The van der Waals surface area contributed by atoms with E-state index in [2.05, 4.69) is 5.10 Å². The van der Waals surface area contributed by atoms with Crippen molar-refractivity contribution in [3.8, 4) is 11.5 Å². The first-order valence-corrected chi connectivity index (χ1v) is 8.98. The Morgan fingerprint density at radius 2 is 1.77 bits per heavy atom. The van der Waals surface area contributed by atoms with Crippen LogP contribution in [-0.4, -0.2) is 26.9 Å². The van der Waals surface area contributed by atoms with Gasteiger partial charge in [0.15, 0.2) is 5.69 Å². The van der Waals surface area contributed by atoms with Crippen molar-refractivity contribution in [1.82, 2.24) is 14.3 Å². The Balaban J connectivity index is 2.32. The largest absolute Gasteiger partial charge is 0.461 e. The van der Waals surface area contributed by atoms with Gasteiger partial charge in [-0.1, -0.05) is 23.2 Å². The van der Waals surface area contributed by atoms with Crippen LogP contribution < -0.4 is 0 Å². The van der Waals surface area contributed by atoms with E-state index in [1.165, 1.54) is 0 Å². The molecule has 0 saturated heterocycles. The summed E-state index contributed by atoms with van der Waals surface area (Å²) in [5.41, 5.74) is 3.66. The van der Waals surface area contributed by atoms with Crippen molar-refractivity contribution < 1.29 is 9.53 Å². The number of carbonyl (C=O) groups is 1. The first kappa shape index (κ1) is 18.5. The zero-order valence-electron chi connectivity index (χ0n) is 15.0. The molecule has 0 aliphatic carbocycles. The molecule has 0 N–H and O–H groups in total. The molecule has 0 aliphatic rings. The summed E-state index contributed by atoms with van der Waals surface area (Å²) in [5.74, 6) is 0.287. The Kier molecular flexibility index (Phi) is 5.12. The van der Waals surface area contributed by atoms with Gasteiger partial charge < -0.3 is 9.30 Å². The molecule has 0 radical (unpaired) electrons. The van der Waals surface area contributed by atoms with Crippen LogP contribution in [0.4, 0.5) is 0 Å². The van der Waals surface area contributed by atoms with Gasteiger partial charge in [-0.25, -0.2) is 9.48 Å². The number of benzene rings is 1. The molecule has 0 bridgehead atoms. The van der Waals surface area contributed by atoms with E-state index >= 15 is 0 Å². The van der Waals surface area contributed by atoms with E-state index in [0.717, 1.165) is 22.8 Å². The molecule has 136 valence electrons. The quantitative estimate of drug-likeness (QED) is 0.583. The van der Waals surface area contributed by atoms with Crippen LogP contribution in [0, 0.1) is 20.8 Å². The first-order chi connectivity index (χ1) is 12.3. The van der Waals surface area contributed by atoms with Gasteiger partial charge in [-0.15, -0.1) is 0 Å². The second kappa shape index (κ2) is 7.17. The molecule has 0 fully saturated rings. The van der Waals surface area contributed by atoms with Crippen molar-refractivity contribution in [1.29, 1.82) is 0 Å². The normalized spacial score (nSPS) is 11.0. The maximum absolute atomic E-state index is 12.4. The SMILES string of the molecule is CCOC(=O)c1nn(-c2ccc(Cl)cc2Cl)c(-n2c(C)ccc2C)c1C. The molecule has 5 nitrogen and oxygen atoms in total. The molecule has 3 rings (SSSR count). The zero-order valence-corrected chi connectivity index (χ0v) is 16.5. The van der Waals surface area contributed by atoms with Crippen LogP contribution in [0.25, 0.3) is 11.5 Å². The van der Waals surface area contributed by atoms with Crippen molar-refractivity contribution in [3.05, 3.63) is 63.0 Å². The van der Waals surface area contributed by atoms with E-state index < -0.39 is 5.97 Å². The Hall–Kier alpha value is -2.24. The standard InChI is InChI=1S/C19H19Cl2N3O2/c1-5-26-19(25)17-13(4)18(23-11(2)6-7-12(23)3)24(22-17)16-9-8-14(20)10-15(16)21/h6-10H,5H2,1-4H3.